The molecule has 0 saturated heterocycles. The van der Waals surface area contributed by atoms with E-state index in [-0.39, 0.29) is 23.7 Å². The molecule has 0 bridgehead atoms. The van der Waals surface area contributed by atoms with Crippen LogP contribution in [0.2, 0.25) is 0 Å². The fourth-order valence-electron chi connectivity index (χ4n) is 2.33. The molecule has 2 rings (SSSR count). The molecule has 0 spiro atoms. The Hall–Kier alpha value is -2.90. The first-order chi connectivity index (χ1) is 11.3. The number of rotatable bonds is 6. The van der Waals surface area contributed by atoms with E-state index in [1.807, 2.05) is 0 Å². The van der Waals surface area contributed by atoms with Crippen LogP contribution in [0.3, 0.4) is 0 Å². The minimum Gasteiger partial charge on any atom is -0.502 e. The van der Waals surface area contributed by atoms with E-state index in [0.717, 1.165) is 6.07 Å². The Balaban J connectivity index is 2.54. The topological polar surface area (TPSA) is 103 Å². The van der Waals surface area contributed by atoms with Crippen LogP contribution in [0.1, 0.15) is 29.4 Å². The Labute approximate surface area is 135 Å². The maximum Gasteiger partial charge on any atom is 0.387 e. The van der Waals surface area contributed by atoms with E-state index in [4.69, 9.17) is 10.2 Å². The maximum atomic E-state index is 12.4. The SMILES string of the molecule is Cc1cc(=O)c(O)c([C@@H](CC(N)=O)c2cccc(OC(F)F)c2)o1. The summed E-state index contributed by atoms with van der Waals surface area (Å²) >= 11 is 0. The molecule has 1 aromatic heterocycles. The van der Waals surface area contributed by atoms with Crippen LogP contribution < -0.4 is 15.9 Å². The summed E-state index contributed by atoms with van der Waals surface area (Å²) in [6, 6.07) is 6.63. The number of carbonyl (C=O) groups is 1. The van der Waals surface area contributed by atoms with Gasteiger partial charge < -0.3 is 20.0 Å². The van der Waals surface area contributed by atoms with Crippen LogP contribution in [0.4, 0.5) is 8.78 Å². The molecule has 0 aliphatic heterocycles. The molecule has 0 saturated carbocycles. The van der Waals surface area contributed by atoms with Gasteiger partial charge in [0.25, 0.3) is 0 Å². The molecule has 0 fully saturated rings. The summed E-state index contributed by atoms with van der Waals surface area (Å²) < 4.78 is 34.4. The smallest absolute Gasteiger partial charge is 0.387 e. The molecule has 8 heteroatoms. The number of halogens is 2. The first-order valence-electron chi connectivity index (χ1n) is 6.94. The number of hydrogen-bond acceptors (Lipinski definition) is 5. The summed E-state index contributed by atoms with van der Waals surface area (Å²) in [5.74, 6) is -2.37. The van der Waals surface area contributed by atoms with E-state index in [1.54, 1.807) is 0 Å². The number of primary amides is 1. The van der Waals surface area contributed by atoms with Gasteiger partial charge >= 0.3 is 6.61 Å². The van der Waals surface area contributed by atoms with Crippen molar-refractivity contribution in [2.75, 3.05) is 0 Å². The van der Waals surface area contributed by atoms with Gasteiger partial charge in [-0.15, -0.1) is 0 Å². The standard InChI is InChI=1S/C16H15F2NO5/c1-8-5-12(20)14(22)15(23-8)11(7-13(19)21)9-3-2-4-10(6-9)24-16(17)18/h2-6,11,16,22H,7H2,1H3,(H2,19,21)/t11-/m0/s1. The minimum atomic E-state index is -3.01. The molecule has 6 nitrogen and oxygen atoms in total. The average molecular weight is 339 g/mol. The lowest BCUT2D eigenvalue weighted by molar-refractivity contribution is -0.118. The van der Waals surface area contributed by atoms with E-state index in [0.29, 0.717) is 5.56 Å². The van der Waals surface area contributed by atoms with Gasteiger partial charge in [-0.2, -0.15) is 8.78 Å². The first kappa shape index (κ1) is 17.5. The van der Waals surface area contributed by atoms with Crippen molar-refractivity contribution >= 4 is 5.91 Å². The van der Waals surface area contributed by atoms with Crippen molar-refractivity contribution in [1.29, 1.82) is 0 Å². The van der Waals surface area contributed by atoms with Crippen molar-refractivity contribution in [3.05, 3.63) is 57.6 Å². The van der Waals surface area contributed by atoms with Crippen LogP contribution >= 0.6 is 0 Å². The summed E-state index contributed by atoms with van der Waals surface area (Å²) in [6.07, 6.45) is -0.294. The Bertz CT molecular complexity index is 803. The highest BCUT2D eigenvalue weighted by Gasteiger charge is 2.25. The normalized spacial score (nSPS) is 12.2. The summed E-state index contributed by atoms with van der Waals surface area (Å²) in [4.78, 5) is 23.1. The lowest BCUT2D eigenvalue weighted by Crippen LogP contribution is -2.18. The van der Waals surface area contributed by atoms with E-state index in [1.165, 1.54) is 31.2 Å². The Morgan fingerprint density at radius 1 is 1.38 bits per heavy atom. The minimum absolute atomic E-state index is 0.133. The van der Waals surface area contributed by atoms with Crippen molar-refractivity contribution in [1.82, 2.24) is 0 Å². The van der Waals surface area contributed by atoms with Crippen molar-refractivity contribution < 1.29 is 27.8 Å². The summed E-state index contributed by atoms with van der Waals surface area (Å²) in [7, 11) is 0. The predicted molar refractivity (Wildman–Crippen MR) is 80.1 cm³/mol. The number of hydrogen-bond donors (Lipinski definition) is 2. The zero-order chi connectivity index (χ0) is 17.9. The molecule has 1 atom stereocenters. The molecule has 1 aromatic carbocycles. The second kappa shape index (κ2) is 7.12. The molecule has 0 radical (unpaired) electrons. The number of benzene rings is 1. The highest BCUT2D eigenvalue weighted by molar-refractivity contribution is 5.75. The molecule has 128 valence electrons. The molecular formula is C16H15F2NO5. The molecule has 3 N–H and O–H groups in total. The Morgan fingerprint density at radius 2 is 2.08 bits per heavy atom. The maximum absolute atomic E-state index is 12.4. The second-order valence-corrected chi connectivity index (χ2v) is 5.11. The van der Waals surface area contributed by atoms with Gasteiger partial charge in [0.15, 0.2) is 5.76 Å². The van der Waals surface area contributed by atoms with Gasteiger partial charge in [-0.1, -0.05) is 12.1 Å². The van der Waals surface area contributed by atoms with Gasteiger partial charge in [0.05, 0.1) is 5.92 Å². The number of nitrogens with two attached hydrogens (primary N) is 1. The van der Waals surface area contributed by atoms with Crippen LogP contribution in [-0.4, -0.2) is 17.6 Å². The average Bonchev–Trinajstić information content (AvgIpc) is 2.48. The number of aromatic hydroxyl groups is 1. The predicted octanol–water partition coefficient (Wildman–Crippen LogP) is 2.26. The highest BCUT2D eigenvalue weighted by atomic mass is 19.3. The van der Waals surface area contributed by atoms with Crippen LogP contribution in [0.25, 0.3) is 0 Å². The van der Waals surface area contributed by atoms with Crippen LogP contribution in [0.5, 0.6) is 11.5 Å². The quantitative estimate of drug-likeness (QED) is 0.840. The van der Waals surface area contributed by atoms with Crippen LogP contribution in [-0.2, 0) is 4.79 Å². The molecule has 24 heavy (non-hydrogen) atoms. The van der Waals surface area contributed by atoms with Crippen molar-refractivity contribution in [2.45, 2.75) is 25.9 Å². The lowest BCUT2D eigenvalue weighted by atomic mass is 9.91. The Kier molecular flexibility index (Phi) is 5.18. The summed E-state index contributed by atoms with van der Waals surface area (Å²) in [5, 5.41) is 9.97. The van der Waals surface area contributed by atoms with Gasteiger partial charge in [-0.25, -0.2) is 0 Å². The van der Waals surface area contributed by atoms with Gasteiger partial charge in [-0.3, -0.25) is 9.59 Å². The van der Waals surface area contributed by atoms with Crippen molar-refractivity contribution in [3.63, 3.8) is 0 Å². The van der Waals surface area contributed by atoms with Gasteiger partial charge in [-0.05, 0) is 24.6 Å². The molecule has 0 aliphatic rings. The number of alkyl halides is 2. The van der Waals surface area contributed by atoms with E-state index < -0.39 is 29.6 Å². The second-order valence-electron chi connectivity index (χ2n) is 5.11. The fraction of sp³-hybridized carbons (Fsp3) is 0.250. The lowest BCUT2D eigenvalue weighted by Gasteiger charge is -2.17. The zero-order valence-electron chi connectivity index (χ0n) is 12.7. The molecule has 1 amide bonds. The van der Waals surface area contributed by atoms with Crippen molar-refractivity contribution in [3.8, 4) is 11.5 Å². The first-order valence-corrected chi connectivity index (χ1v) is 6.94. The van der Waals surface area contributed by atoms with Crippen LogP contribution in [0, 0.1) is 6.92 Å². The molecular weight excluding hydrogens is 324 g/mol. The third-order valence-electron chi connectivity index (χ3n) is 3.28. The molecule has 0 aliphatic carbocycles. The summed E-state index contributed by atoms with van der Waals surface area (Å²) in [6.45, 7) is -1.51. The van der Waals surface area contributed by atoms with Crippen molar-refractivity contribution in [2.24, 2.45) is 5.73 Å². The van der Waals surface area contributed by atoms with E-state index in [2.05, 4.69) is 4.74 Å². The number of ether oxygens (including phenoxy) is 1. The molecule has 0 unspecified atom stereocenters. The van der Waals surface area contributed by atoms with Crippen LogP contribution in [0.15, 0.2) is 39.5 Å². The van der Waals surface area contributed by atoms with Gasteiger partial charge in [0.2, 0.25) is 17.1 Å². The van der Waals surface area contributed by atoms with Gasteiger partial charge in [0, 0.05) is 12.5 Å². The fourth-order valence-corrected chi connectivity index (χ4v) is 2.33. The largest absolute Gasteiger partial charge is 0.502 e. The molecule has 2 aromatic rings. The highest BCUT2D eigenvalue weighted by Crippen LogP contribution is 2.34. The van der Waals surface area contributed by atoms with E-state index >= 15 is 0 Å². The third kappa shape index (κ3) is 4.09. The Morgan fingerprint density at radius 3 is 2.71 bits per heavy atom. The number of amides is 1. The summed E-state index contributed by atoms with van der Waals surface area (Å²) in [5.41, 5.74) is 4.87. The number of carbonyl (C=O) groups excluding carboxylic acids is 1. The van der Waals surface area contributed by atoms with E-state index in [9.17, 15) is 23.5 Å². The molecule has 1 heterocycles. The number of aryl methyl sites for hydroxylation is 1. The third-order valence-corrected chi connectivity index (χ3v) is 3.28. The van der Waals surface area contributed by atoms with Gasteiger partial charge in [0.1, 0.15) is 11.5 Å². The monoisotopic (exact) mass is 339 g/mol. The zero-order valence-corrected chi connectivity index (χ0v) is 12.7.